The maximum Gasteiger partial charge on any atom is 0.255 e. The summed E-state index contributed by atoms with van der Waals surface area (Å²) >= 11 is 0. The van der Waals surface area contributed by atoms with Crippen molar-refractivity contribution in [1.82, 2.24) is 29.7 Å². The van der Waals surface area contributed by atoms with Gasteiger partial charge in [-0.2, -0.15) is 0 Å². The standard InChI is InChI=1S/C17H18N6O.2ClH/c24-17(22-7-5-18-6-8-22)13-9-15-16(20-10-13)23(12-21-15)11-14-3-1-2-4-19-14;;/h1-4,9-10,12,18H,5-8,11H2;2*1H. The van der Waals surface area contributed by atoms with E-state index in [9.17, 15) is 4.79 Å². The smallest absolute Gasteiger partial charge is 0.255 e. The number of pyridine rings is 2. The first-order chi connectivity index (χ1) is 11.8. The fourth-order valence-electron chi connectivity index (χ4n) is 2.90. The van der Waals surface area contributed by atoms with Crippen molar-refractivity contribution in [3.8, 4) is 0 Å². The molecular weight excluding hydrogens is 375 g/mol. The fourth-order valence-corrected chi connectivity index (χ4v) is 2.90. The Kier molecular flexibility index (Phi) is 6.90. The first kappa shape index (κ1) is 20.1. The lowest BCUT2D eigenvalue weighted by atomic mass is 10.2. The van der Waals surface area contributed by atoms with Crippen LogP contribution in [0.2, 0.25) is 0 Å². The summed E-state index contributed by atoms with van der Waals surface area (Å²) in [6.45, 7) is 3.73. The zero-order valence-corrected chi connectivity index (χ0v) is 15.7. The second-order valence-electron chi connectivity index (χ2n) is 5.80. The van der Waals surface area contributed by atoms with E-state index in [1.54, 1.807) is 18.7 Å². The number of carbonyl (C=O) groups is 1. The third kappa shape index (κ3) is 4.12. The Morgan fingerprint density at radius 3 is 2.65 bits per heavy atom. The number of aromatic nitrogens is 4. The Hall–Kier alpha value is -2.22. The summed E-state index contributed by atoms with van der Waals surface area (Å²) in [5.41, 5.74) is 3.02. The van der Waals surface area contributed by atoms with Gasteiger partial charge < -0.3 is 14.8 Å². The molecule has 9 heteroatoms. The van der Waals surface area contributed by atoms with Gasteiger partial charge in [-0.3, -0.25) is 9.78 Å². The van der Waals surface area contributed by atoms with Gasteiger partial charge in [-0.25, -0.2) is 9.97 Å². The van der Waals surface area contributed by atoms with Crippen molar-refractivity contribution in [1.29, 1.82) is 0 Å². The molecule has 0 atom stereocenters. The number of rotatable bonds is 3. The summed E-state index contributed by atoms with van der Waals surface area (Å²) in [5, 5.41) is 3.25. The molecule has 138 valence electrons. The van der Waals surface area contributed by atoms with Gasteiger partial charge >= 0.3 is 0 Å². The number of hydrogen-bond acceptors (Lipinski definition) is 5. The molecule has 4 heterocycles. The van der Waals surface area contributed by atoms with E-state index in [-0.39, 0.29) is 30.7 Å². The molecule has 0 bridgehead atoms. The molecule has 0 unspecified atom stereocenters. The van der Waals surface area contributed by atoms with Crippen LogP contribution in [0, 0.1) is 0 Å². The van der Waals surface area contributed by atoms with Gasteiger partial charge in [0, 0.05) is 38.6 Å². The predicted molar refractivity (Wildman–Crippen MR) is 104 cm³/mol. The average molecular weight is 395 g/mol. The van der Waals surface area contributed by atoms with Gasteiger partial charge in [-0.15, -0.1) is 24.8 Å². The van der Waals surface area contributed by atoms with Crippen LogP contribution in [0.3, 0.4) is 0 Å². The van der Waals surface area contributed by atoms with Gasteiger partial charge in [0.1, 0.15) is 5.52 Å². The maximum atomic E-state index is 12.6. The molecule has 7 nitrogen and oxygen atoms in total. The van der Waals surface area contributed by atoms with Gasteiger partial charge in [-0.05, 0) is 18.2 Å². The second kappa shape index (κ2) is 8.93. The minimum absolute atomic E-state index is 0. The van der Waals surface area contributed by atoms with Crippen LogP contribution >= 0.6 is 24.8 Å². The first-order valence-electron chi connectivity index (χ1n) is 8.02. The molecule has 0 radical (unpaired) electrons. The van der Waals surface area contributed by atoms with Crippen molar-refractivity contribution in [3.63, 3.8) is 0 Å². The molecule has 4 rings (SSSR count). The number of imidazole rings is 1. The highest BCUT2D eigenvalue weighted by molar-refractivity contribution is 5.96. The molecule has 1 aliphatic heterocycles. The van der Waals surface area contributed by atoms with Crippen molar-refractivity contribution >= 4 is 41.9 Å². The molecule has 1 amide bonds. The summed E-state index contributed by atoms with van der Waals surface area (Å²) < 4.78 is 1.94. The summed E-state index contributed by atoms with van der Waals surface area (Å²) in [6.07, 6.45) is 5.15. The van der Waals surface area contributed by atoms with E-state index in [4.69, 9.17) is 0 Å². The number of fused-ring (bicyclic) bond motifs is 1. The molecular formula is C17H20Cl2N6O. The average Bonchev–Trinajstić information content (AvgIpc) is 3.05. The van der Waals surface area contributed by atoms with Gasteiger partial charge in [0.25, 0.3) is 5.91 Å². The number of halogens is 2. The number of nitrogens with zero attached hydrogens (tertiary/aromatic N) is 5. The Labute approximate surface area is 163 Å². The van der Waals surface area contributed by atoms with Crippen LogP contribution in [0.15, 0.2) is 43.0 Å². The second-order valence-corrected chi connectivity index (χ2v) is 5.80. The van der Waals surface area contributed by atoms with Crippen LogP contribution in [0.4, 0.5) is 0 Å². The monoisotopic (exact) mass is 394 g/mol. The van der Waals surface area contributed by atoms with Crippen LogP contribution in [0.5, 0.6) is 0 Å². The summed E-state index contributed by atoms with van der Waals surface area (Å²) in [6, 6.07) is 7.64. The van der Waals surface area contributed by atoms with Gasteiger partial charge in [0.2, 0.25) is 0 Å². The Balaban J connectivity index is 0.00000121. The van der Waals surface area contributed by atoms with E-state index in [1.807, 2.05) is 33.7 Å². The van der Waals surface area contributed by atoms with Crippen molar-refractivity contribution < 1.29 is 4.79 Å². The van der Waals surface area contributed by atoms with Crippen molar-refractivity contribution in [3.05, 3.63) is 54.2 Å². The number of nitrogens with one attached hydrogen (secondary N) is 1. The van der Waals surface area contributed by atoms with Crippen LogP contribution in [-0.4, -0.2) is 56.5 Å². The SMILES string of the molecule is Cl.Cl.O=C(c1cnc2c(c1)ncn2Cc1ccccn1)N1CCNCC1. The Morgan fingerprint density at radius 1 is 1.12 bits per heavy atom. The molecule has 0 saturated carbocycles. The molecule has 1 fully saturated rings. The van der Waals surface area contributed by atoms with Gasteiger partial charge in [-0.1, -0.05) is 6.07 Å². The molecule has 3 aromatic rings. The number of amides is 1. The van der Waals surface area contributed by atoms with E-state index in [2.05, 4.69) is 20.3 Å². The van der Waals surface area contributed by atoms with Crippen LogP contribution in [-0.2, 0) is 6.54 Å². The predicted octanol–water partition coefficient (Wildman–Crippen LogP) is 1.76. The molecule has 0 spiro atoms. The number of piperazine rings is 1. The minimum Gasteiger partial charge on any atom is -0.336 e. The van der Waals surface area contributed by atoms with Crippen LogP contribution < -0.4 is 5.32 Å². The van der Waals surface area contributed by atoms with Crippen molar-refractivity contribution in [2.75, 3.05) is 26.2 Å². The van der Waals surface area contributed by atoms with E-state index in [0.29, 0.717) is 12.1 Å². The lowest BCUT2D eigenvalue weighted by Crippen LogP contribution is -2.46. The zero-order chi connectivity index (χ0) is 16.4. The summed E-state index contributed by atoms with van der Waals surface area (Å²) in [7, 11) is 0. The van der Waals surface area contributed by atoms with E-state index in [1.165, 1.54) is 0 Å². The van der Waals surface area contributed by atoms with Gasteiger partial charge in [0.15, 0.2) is 5.65 Å². The van der Waals surface area contributed by atoms with E-state index in [0.717, 1.165) is 43.0 Å². The molecule has 1 saturated heterocycles. The maximum absolute atomic E-state index is 12.6. The highest BCUT2D eigenvalue weighted by Gasteiger charge is 2.19. The number of carbonyl (C=O) groups excluding carboxylic acids is 1. The van der Waals surface area contributed by atoms with Crippen LogP contribution in [0.1, 0.15) is 16.1 Å². The quantitative estimate of drug-likeness (QED) is 0.732. The topological polar surface area (TPSA) is 75.9 Å². The summed E-state index contributed by atoms with van der Waals surface area (Å²) in [4.78, 5) is 27.6. The largest absolute Gasteiger partial charge is 0.336 e. The molecule has 26 heavy (non-hydrogen) atoms. The number of hydrogen-bond donors (Lipinski definition) is 1. The van der Waals surface area contributed by atoms with E-state index >= 15 is 0 Å². The molecule has 0 aromatic carbocycles. The molecule has 3 aromatic heterocycles. The first-order valence-corrected chi connectivity index (χ1v) is 8.02. The lowest BCUT2D eigenvalue weighted by Gasteiger charge is -2.27. The van der Waals surface area contributed by atoms with Crippen molar-refractivity contribution in [2.45, 2.75) is 6.54 Å². The molecule has 1 aliphatic rings. The van der Waals surface area contributed by atoms with Crippen LogP contribution in [0.25, 0.3) is 11.2 Å². The fraction of sp³-hybridized carbons (Fsp3) is 0.294. The highest BCUT2D eigenvalue weighted by Crippen LogP contribution is 2.15. The Bertz CT molecular complexity index is 864. The normalized spacial score (nSPS) is 13.8. The molecule has 1 N–H and O–H groups in total. The van der Waals surface area contributed by atoms with Crippen molar-refractivity contribution in [2.24, 2.45) is 0 Å². The lowest BCUT2D eigenvalue weighted by molar-refractivity contribution is 0.0735. The third-order valence-electron chi connectivity index (χ3n) is 4.17. The highest BCUT2D eigenvalue weighted by atomic mass is 35.5. The minimum atomic E-state index is 0. The summed E-state index contributed by atoms with van der Waals surface area (Å²) in [5.74, 6) is 0.0187. The van der Waals surface area contributed by atoms with Gasteiger partial charge in [0.05, 0.1) is 24.1 Å². The Morgan fingerprint density at radius 2 is 1.92 bits per heavy atom. The third-order valence-corrected chi connectivity index (χ3v) is 4.17. The van der Waals surface area contributed by atoms with E-state index < -0.39 is 0 Å². The zero-order valence-electron chi connectivity index (χ0n) is 14.0. The molecule has 0 aliphatic carbocycles.